The van der Waals surface area contributed by atoms with Gasteiger partial charge in [-0.1, -0.05) is 18.2 Å². The van der Waals surface area contributed by atoms with Crippen molar-refractivity contribution in [2.45, 2.75) is 13.0 Å². The van der Waals surface area contributed by atoms with Crippen molar-refractivity contribution in [3.8, 4) is 0 Å². The van der Waals surface area contributed by atoms with Crippen LogP contribution in [-0.4, -0.2) is 29.2 Å². The normalized spacial score (nSPS) is 13.5. The molecule has 0 radical (unpaired) electrons. The number of halogens is 5. The Balaban J connectivity index is 1.72. The molecule has 1 aliphatic heterocycles. The van der Waals surface area contributed by atoms with Gasteiger partial charge in [0.25, 0.3) is 5.91 Å². The van der Waals surface area contributed by atoms with Crippen LogP contribution in [0.5, 0.6) is 0 Å². The third kappa shape index (κ3) is 3.32. The summed E-state index contributed by atoms with van der Waals surface area (Å²) in [7, 11) is 0. The summed E-state index contributed by atoms with van der Waals surface area (Å²) >= 11 is 0. The van der Waals surface area contributed by atoms with Crippen molar-refractivity contribution >= 4 is 17.8 Å². The summed E-state index contributed by atoms with van der Waals surface area (Å²) in [5.74, 6) is -13.7. The topological polar surface area (TPSA) is 63.7 Å². The highest BCUT2D eigenvalue weighted by Gasteiger charge is 2.33. The molecule has 0 fully saturated rings. The molecule has 0 atom stereocenters. The Hall–Kier alpha value is -3.30. The number of nitrogens with zero attached hydrogens (tertiary/aromatic N) is 1. The van der Waals surface area contributed by atoms with E-state index in [1.165, 1.54) is 6.07 Å². The van der Waals surface area contributed by atoms with Gasteiger partial charge in [0.2, 0.25) is 11.7 Å². The molecule has 1 heterocycles. The van der Waals surface area contributed by atoms with Crippen molar-refractivity contribution < 1.29 is 41.1 Å². The van der Waals surface area contributed by atoms with Crippen LogP contribution >= 0.6 is 0 Å². The Kier molecular flexibility index (Phi) is 5.12. The van der Waals surface area contributed by atoms with Gasteiger partial charge in [0.1, 0.15) is 13.2 Å². The number of hydrogen-bond acceptors (Lipinski definition) is 4. The third-order valence-corrected chi connectivity index (χ3v) is 4.10. The first-order valence-corrected chi connectivity index (χ1v) is 7.81. The van der Waals surface area contributed by atoms with E-state index in [4.69, 9.17) is 0 Å². The minimum atomic E-state index is -2.34. The third-order valence-electron chi connectivity index (χ3n) is 4.10. The number of esters is 1. The van der Waals surface area contributed by atoms with E-state index < -0.39 is 65.6 Å². The number of benzene rings is 2. The Morgan fingerprint density at radius 3 is 2.14 bits per heavy atom. The van der Waals surface area contributed by atoms with Crippen LogP contribution in [0.3, 0.4) is 0 Å². The molecular weight excluding hydrogens is 389 g/mol. The fourth-order valence-electron chi connectivity index (χ4n) is 2.66. The smallest absolute Gasteiger partial charge is 0.326 e. The Morgan fingerprint density at radius 2 is 1.50 bits per heavy atom. The van der Waals surface area contributed by atoms with Crippen LogP contribution < -0.4 is 0 Å². The zero-order valence-corrected chi connectivity index (χ0v) is 13.9. The number of rotatable bonds is 4. The van der Waals surface area contributed by atoms with Crippen LogP contribution in [-0.2, 0) is 27.4 Å². The van der Waals surface area contributed by atoms with Gasteiger partial charge < -0.3 is 4.74 Å². The summed E-state index contributed by atoms with van der Waals surface area (Å²) in [5, 5.41) is 0. The predicted octanol–water partition coefficient (Wildman–Crippen LogP) is 2.65. The molecular formula is C18H10F5NO4. The summed E-state index contributed by atoms with van der Waals surface area (Å²) in [6, 6.07) is 6.22. The second-order valence-corrected chi connectivity index (χ2v) is 5.83. The molecule has 0 aliphatic carbocycles. The van der Waals surface area contributed by atoms with E-state index in [2.05, 4.69) is 4.74 Å². The van der Waals surface area contributed by atoms with E-state index in [1.807, 2.05) is 0 Å². The van der Waals surface area contributed by atoms with Crippen LogP contribution in [0.4, 0.5) is 22.0 Å². The zero-order valence-electron chi connectivity index (χ0n) is 13.9. The maximum Gasteiger partial charge on any atom is 0.326 e. The molecule has 10 heteroatoms. The molecule has 0 unspecified atom stereocenters. The summed E-state index contributed by atoms with van der Waals surface area (Å²) in [6.07, 6.45) is -0.146. The van der Waals surface area contributed by atoms with Crippen LogP contribution in [0, 0.1) is 29.1 Å². The number of hydrogen-bond donors (Lipinski definition) is 0. The molecule has 146 valence electrons. The van der Waals surface area contributed by atoms with Gasteiger partial charge in [-0.15, -0.1) is 0 Å². The first-order chi connectivity index (χ1) is 13.2. The van der Waals surface area contributed by atoms with Crippen LogP contribution in [0.25, 0.3) is 0 Å². The molecule has 0 saturated carbocycles. The van der Waals surface area contributed by atoms with Crippen LogP contribution in [0.15, 0.2) is 24.3 Å². The van der Waals surface area contributed by atoms with E-state index in [0.29, 0.717) is 10.5 Å². The second-order valence-electron chi connectivity index (χ2n) is 5.83. The maximum absolute atomic E-state index is 13.6. The van der Waals surface area contributed by atoms with Gasteiger partial charge in [-0.3, -0.25) is 19.3 Å². The number of ether oxygens (including phenoxy) is 1. The van der Waals surface area contributed by atoms with Crippen molar-refractivity contribution in [2.75, 3.05) is 6.54 Å². The van der Waals surface area contributed by atoms with Gasteiger partial charge in [-0.25, -0.2) is 22.0 Å². The molecule has 5 nitrogen and oxygen atoms in total. The van der Waals surface area contributed by atoms with Crippen molar-refractivity contribution in [3.05, 3.63) is 70.0 Å². The quantitative estimate of drug-likeness (QED) is 0.261. The average molecular weight is 399 g/mol. The summed E-state index contributed by atoms with van der Waals surface area (Å²) in [4.78, 5) is 36.8. The molecule has 0 N–H and O–H groups in total. The number of fused-ring (bicyclic) bond motifs is 1. The van der Waals surface area contributed by atoms with E-state index >= 15 is 0 Å². The molecule has 2 amide bonds. The fourth-order valence-corrected chi connectivity index (χ4v) is 2.66. The molecule has 1 aliphatic rings. The molecule has 2 aromatic rings. The van der Waals surface area contributed by atoms with Crippen molar-refractivity contribution in [1.29, 1.82) is 0 Å². The van der Waals surface area contributed by atoms with Crippen LogP contribution in [0.1, 0.15) is 21.5 Å². The minimum Gasteiger partial charge on any atom is -0.459 e. The van der Waals surface area contributed by atoms with Crippen molar-refractivity contribution in [1.82, 2.24) is 4.90 Å². The first-order valence-electron chi connectivity index (χ1n) is 7.81. The number of amides is 2. The van der Waals surface area contributed by atoms with Gasteiger partial charge in [0, 0.05) is 5.56 Å². The van der Waals surface area contributed by atoms with E-state index in [-0.39, 0.29) is 12.0 Å². The number of carbonyl (C=O) groups is 3. The lowest BCUT2D eigenvalue weighted by atomic mass is 9.98. The monoisotopic (exact) mass is 399 g/mol. The SMILES string of the molecule is O=C(CN1C(=O)Cc2ccccc2C1=O)OCc1c(F)c(F)c(F)c(F)c1F. The molecule has 28 heavy (non-hydrogen) atoms. The van der Waals surface area contributed by atoms with E-state index in [1.54, 1.807) is 18.2 Å². The van der Waals surface area contributed by atoms with Crippen molar-refractivity contribution in [3.63, 3.8) is 0 Å². The Labute approximate surface area is 154 Å². The van der Waals surface area contributed by atoms with Gasteiger partial charge in [-0.2, -0.15) is 0 Å². The number of carbonyl (C=O) groups excluding carboxylic acids is 3. The highest BCUT2D eigenvalue weighted by Crippen LogP contribution is 2.24. The van der Waals surface area contributed by atoms with Crippen LogP contribution in [0.2, 0.25) is 0 Å². The summed E-state index contributed by atoms with van der Waals surface area (Å²) in [5.41, 5.74) is -0.662. The fraction of sp³-hybridized carbons (Fsp3) is 0.167. The largest absolute Gasteiger partial charge is 0.459 e. The zero-order chi connectivity index (χ0) is 20.6. The lowest BCUT2D eigenvalue weighted by molar-refractivity contribution is -0.149. The average Bonchev–Trinajstić information content (AvgIpc) is 2.68. The standard InChI is InChI=1S/C18H10F5NO4/c19-13-10(14(20)16(22)17(23)15(13)21)7-28-12(26)6-24-11(25)5-8-3-1-2-4-9(8)18(24)27/h1-4H,5-7H2. The summed E-state index contributed by atoms with van der Waals surface area (Å²) in [6.45, 7) is -2.14. The molecule has 0 aromatic heterocycles. The van der Waals surface area contributed by atoms with E-state index in [9.17, 15) is 36.3 Å². The highest BCUT2D eigenvalue weighted by atomic mass is 19.2. The van der Waals surface area contributed by atoms with Gasteiger partial charge in [0.05, 0.1) is 12.0 Å². The molecule has 2 aromatic carbocycles. The van der Waals surface area contributed by atoms with E-state index in [0.717, 1.165) is 0 Å². The molecule has 0 saturated heterocycles. The molecule has 3 rings (SSSR count). The maximum atomic E-state index is 13.6. The Bertz CT molecular complexity index is 979. The predicted molar refractivity (Wildman–Crippen MR) is 82.2 cm³/mol. The Morgan fingerprint density at radius 1 is 0.929 bits per heavy atom. The molecule has 0 bridgehead atoms. The first kappa shape index (κ1) is 19.5. The minimum absolute atomic E-state index is 0.146. The second kappa shape index (κ2) is 7.37. The van der Waals surface area contributed by atoms with Gasteiger partial charge >= 0.3 is 5.97 Å². The molecule has 0 spiro atoms. The highest BCUT2D eigenvalue weighted by molar-refractivity contribution is 6.11. The lowest BCUT2D eigenvalue weighted by Gasteiger charge is -2.25. The lowest BCUT2D eigenvalue weighted by Crippen LogP contribution is -2.45. The van der Waals surface area contributed by atoms with Crippen molar-refractivity contribution in [2.24, 2.45) is 0 Å². The number of imide groups is 1. The summed E-state index contributed by atoms with van der Waals surface area (Å²) < 4.78 is 70.9. The van der Waals surface area contributed by atoms with Gasteiger partial charge in [-0.05, 0) is 11.6 Å². The van der Waals surface area contributed by atoms with Gasteiger partial charge in [0.15, 0.2) is 23.3 Å².